The van der Waals surface area contributed by atoms with Gasteiger partial charge in [-0.15, -0.1) is 0 Å². The third kappa shape index (κ3) is 8.62. The third-order valence-corrected chi connectivity index (χ3v) is 4.09. The number of hydrogen-bond acceptors (Lipinski definition) is 2. The van der Waals surface area contributed by atoms with Gasteiger partial charge in [0.25, 0.3) is 0 Å². The maximum absolute atomic E-state index is 5.61. The largest absolute Gasteiger partial charge is 0.271 e. The van der Waals surface area contributed by atoms with Crippen molar-refractivity contribution in [2.24, 2.45) is 5.84 Å². The first-order chi connectivity index (χ1) is 8.43. The Labute approximate surface area is 108 Å². The molecule has 1 aliphatic rings. The van der Waals surface area contributed by atoms with Gasteiger partial charge in [-0.1, -0.05) is 77.0 Å². The monoisotopic (exact) mass is 240 g/mol. The van der Waals surface area contributed by atoms with Crippen LogP contribution < -0.4 is 11.3 Å². The second-order valence-corrected chi connectivity index (χ2v) is 5.68. The summed E-state index contributed by atoms with van der Waals surface area (Å²) in [6, 6.07) is 0.570. The van der Waals surface area contributed by atoms with Gasteiger partial charge >= 0.3 is 0 Å². The highest BCUT2D eigenvalue weighted by Crippen LogP contribution is 2.16. The molecule has 2 heteroatoms. The van der Waals surface area contributed by atoms with Gasteiger partial charge in [0.1, 0.15) is 0 Å². The van der Waals surface area contributed by atoms with Crippen LogP contribution in [0.15, 0.2) is 0 Å². The molecule has 1 saturated carbocycles. The van der Waals surface area contributed by atoms with Crippen LogP contribution in [0.3, 0.4) is 0 Å². The Bertz CT molecular complexity index is 143. The highest BCUT2D eigenvalue weighted by molar-refractivity contribution is 4.64. The molecule has 0 heterocycles. The van der Waals surface area contributed by atoms with E-state index in [0.717, 1.165) is 0 Å². The lowest BCUT2D eigenvalue weighted by molar-refractivity contribution is 0.421. The summed E-state index contributed by atoms with van der Waals surface area (Å²) in [7, 11) is 0. The molecule has 1 fully saturated rings. The first kappa shape index (κ1) is 15.0. The van der Waals surface area contributed by atoms with Gasteiger partial charge in [0, 0.05) is 6.04 Å². The lowest BCUT2D eigenvalue weighted by Crippen LogP contribution is -2.34. The molecule has 102 valence electrons. The molecule has 0 saturated heterocycles. The highest BCUT2D eigenvalue weighted by atomic mass is 15.2. The SMILES string of the molecule is NNC1CCCCCCCCCCCCCC1. The molecular weight excluding hydrogens is 208 g/mol. The smallest absolute Gasteiger partial charge is 0.0210 e. The van der Waals surface area contributed by atoms with E-state index < -0.39 is 0 Å². The van der Waals surface area contributed by atoms with E-state index in [1.54, 1.807) is 0 Å². The molecule has 0 spiro atoms. The fraction of sp³-hybridized carbons (Fsp3) is 1.00. The molecule has 1 aliphatic carbocycles. The molecule has 0 aromatic heterocycles. The predicted molar refractivity (Wildman–Crippen MR) is 75.7 cm³/mol. The van der Waals surface area contributed by atoms with E-state index >= 15 is 0 Å². The topological polar surface area (TPSA) is 38.0 Å². The molecule has 0 atom stereocenters. The molecule has 0 aliphatic heterocycles. The van der Waals surface area contributed by atoms with Crippen LogP contribution in [-0.2, 0) is 0 Å². The second kappa shape index (κ2) is 11.0. The number of nitrogens with two attached hydrogens (primary N) is 1. The van der Waals surface area contributed by atoms with Crippen LogP contribution >= 0.6 is 0 Å². The number of nitrogens with one attached hydrogen (secondary N) is 1. The zero-order valence-corrected chi connectivity index (χ0v) is 11.6. The number of hydrogen-bond donors (Lipinski definition) is 2. The quantitative estimate of drug-likeness (QED) is 0.530. The van der Waals surface area contributed by atoms with Gasteiger partial charge in [-0.2, -0.15) is 0 Å². The van der Waals surface area contributed by atoms with Crippen molar-refractivity contribution < 1.29 is 0 Å². The molecule has 17 heavy (non-hydrogen) atoms. The Morgan fingerprint density at radius 3 is 1.12 bits per heavy atom. The van der Waals surface area contributed by atoms with Crippen LogP contribution in [-0.4, -0.2) is 6.04 Å². The van der Waals surface area contributed by atoms with Gasteiger partial charge in [-0.25, -0.2) is 0 Å². The first-order valence-corrected chi connectivity index (χ1v) is 7.89. The van der Waals surface area contributed by atoms with E-state index in [4.69, 9.17) is 5.84 Å². The van der Waals surface area contributed by atoms with Crippen LogP contribution in [0, 0.1) is 0 Å². The van der Waals surface area contributed by atoms with E-state index in [2.05, 4.69) is 5.43 Å². The lowest BCUT2D eigenvalue weighted by atomic mass is 10.0. The summed E-state index contributed by atoms with van der Waals surface area (Å²) in [5.74, 6) is 5.61. The molecule has 3 N–H and O–H groups in total. The maximum Gasteiger partial charge on any atom is 0.0210 e. The summed E-state index contributed by atoms with van der Waals surface area (Å²) in [5.41, 5.74) is 3.00. The van der Waals surface area contributed by atoms with E-state index in [-0.39, 0.29) is 0 Å². The fourth-order valence-corrected chi connectivity index (χ4v) is 2.86. The Morgan fingerprint density at radius 1 is 0.529 bits per heavy atom. The van der Waals surface area contributed by atoms with E-state index in [1.165, 1.54) is 89.9 Å². The van der Waals surface area contributed by atoms with Gasteiger partial charge < -0.3 is 0 Å². The summed E-state index contributed by atoms with van der Waals surface area (Å²) in [5, 5.41) is 0. The zero-order valence-electron chi connectivity index (χ0n) is 11.6. The number of rotatable bonds is 1. The summed E-state index contributed by atoms with van der Waals surface area (Å²) in [6.45, 7) is 0. The first-order valence-electron chi connectivity index (χ1n) is 7.89. The molecule has 0 aromatic rings. The van der Waals surface area contributed by atoms with Crippen molar-refractivity contribution in [3.05, 3.63) is 0 Å². The minimum atomic E-state index is 0.570. The zero-order chi connectivity index (χ0) is 12.2. The van der Waals surface area contributed by atoms with E-state index in [9.17, 15) is 0 Å². The van der Waals surface area contributed by atoms with Crippen LogP contribution in [0.4, 0.5) is 0 Å². The molecule has 0 unspecified atom stereocenters. The summed E-state index contributed by atoms with van der Waals surface area (Å²) < 4.78 is 0. The van der Waals surface area contributed by atoms with Crippen LogP contribution in [0.5, 0.6) is 0 Å². The Morgan fingerprint density at radius 2 is 0.824 bits per heavy atom. The molecule has 0 amide bonds. The minimum Gasteiger partial charge on any atom is -0.271 e. The standard InChI is InChI=1S/C15H32N2/c16-17-15-13-11-9-7-5-3-1-2-4-6-8-10-12-14-15/h15,17H,1-14,16H2. The van der Waals surface area contributed by atoms with Crippen LogP contribution in [0.1, 0.15) is 89.9 Å². The predicted octanol–water partition coefficient (Wildman–Crippen LogP) is 4.29. The summed E-state index contributed by atoms with van der Waals surface area (Å²) in [4.78, 5) is 0. The van der Waals surface area contributed by atoms with Gasteiger partial charge in [-0.3, -0.25) is 11.3 Å². The average Bonchev–Trinajstić information content (AvgIpc) is 2.36. The van der Waals surface area contributed by atoms with Crippen molar-refractivity contribution in [2.75, 3.05) is 0 Å². The molecule has 2 nitrogen and oxygen atoms in total. The lowest BCUT2D eigenvalue weighted by Gasteiger charge is -2.15. The van der Waals surface area contributed by atoms with Gasteiger partial charge in [0.2, 0.25) is 0 Å². The van der Waals surface area contributed by atoms with Crippen molar-refractivity contribution in [2.45, 2.75) is 95.9 Å². The third-order valence-electron chi connectivity index (χ3n) is 4.09. The maximum atomic E-state index is 5.61. The van der Waals surface area contributed by atoms with E-state index in [0.29, 0.717) is 6.04 Å². The van der Waals surface area contributed by atoms with Crippen molar-refractivity contribution in [3.8, 4) is 0 Å². The summed E-state index contributed by atoms with van der Waals surface area (Å²) >= 11 is 0. The molecule has 0 bridgehead atoms. The van der Waals surface area contributed by atoms with Crippen molar-refractivity contribution >= 4 is 0 Å². The second-order valence-electron chi connectivity index (χ2n) is 5.68. The minimum absolute atomic E-state index is 0.570. The molecular formula is C15H32N2. The van der Waals surface area contributed by atoms with Crippen molar-refractivity contribution in [1.29, 1.82) is 0 Å². The van der Waals surface area contributed by atoms with Crippen molar-refractivity contribution in [3.63, 3.8) is 0 Å². The molecule has 1 rings (SSSR count). The molecule has 0 radical (unpaired) electrons. The van der Waals surface area contributed by atoms with Crippen LogP contribution in [0.2, 0.25) is 0 Å². The highest BCUT2D eigenvalue weighted by Gasteiger charge is 2.06. The average molecular weight is 240 g/mol. The Balaban J connectivity index is 2.16. The van der Waals surface area contributed by atoms with Gasteiger partial charge in [0.05, 0.1) is 0 Å². The fourth-order valence-electron chi connectivity index (χ4n) is 2.86. The Hall–Kier alpha value is -0.0800. The van der Waals surface area contributed by atoms with Crippen molar-refractivity contribution in [1.82, 2.24) is 5.43 Å². The van der Waals surface area contributed by atoms with Gasteiger partial charge in [-0.05, 0) is 12.8 Å². The van der Waals surface area contributed by atoms with Gasteiger partial charge in [0.15, 0.2) is 0 Å². The van der Waals surface area contributed by atoms with Crippen LogP contribution in [0.25, 0.3) is 0 Å². The Kier molecular flexibility index (Phi) is 9.72. The number of hydrazine groups is 1. The molecule has 0 aromatic carbocycles. The van der Waals surface area contributed by atoms with E-state index in [1.807, 2.05) is 0 Å². The summed E-state index contributed by atoms with van der Waals surface area (Å²) in [6.07, 6.45) is 19.7. The normalized spacial score (nSPS) is 23.8.